The molecule has 1 atom stereocenters. The number of alkyl halides is 3. The maximum Gasteiger partial charge on any atom is 0.422 e. The van der Waals surface area contributed by atoms with Crippen molar-refractivity contribution in [2.45, 2.75) is 19.1 Å². The summed E-state index contributed by atoms with van der Waals surface area (Å²) in [5, 5.41) is 2.62. The number of halogens is 4. The number of carbonyl (C=O) groups is 1. The molecule has 0 aliphatic carbocycles. The molecule has 0 spiro atoms. The number of ether oxygens (including phenoxy) is 1. The summed E-state index contributed by atoms with van der Waals surface area (Å²) in [5.41, 5.74) is 0.657. The third-order valence-corrected chi connectivity index (χ3v) is 2.99. The van der Waals surface area contributed by atoms with Crippen LogP contribution in [-0.2, 0) is 0 Å². The van der Waals surface area contributed by atoms with E-state index in [4.69, 9.17) is 0 Å². The predicted molar refractivity (Wildman–Crippen MR) is 75.9 cm³/mol. The zero-order valence-electron chi connectivity index (χ0n) is 12.5. The largest absolute Gasteiger partial charge is 0.466 e. The van der Waals surface area contributed by atoms with E-state index in [1.54, 1.807) is 6.92 Å². The molecule has 0 bridgehead atoms. The topological polar surface area (TPSA) is 64.1 Å². The summed E-state index contributed by atoms with van der Waals surface area (Å²) < 4.78 is 54.2. The molecular weight excluding hydrogens is 330 g/mol. The van der Waals surface area contributed by atoms with E-state index >= 15 is 0 Å². The van der Waals surface area contributed by atoms with Crippen LogP contribution >= 0.6 is 0 Å². The van der Waals surface area contributed by atoms with Crippen LogP contribution in [0, 0.1) is 5.82 Å². The van der Waals surface area contributed by atoms with Crippen LogP contribution < -0.4 is 10.1 Å². The Labute approximate surface area is 134 Å². The molecule has 0 saturated heterocycles. The van der Waals surface area contributed by atoms with Crippen LogP contribution in [0.4, 0.5) is 17.6 Å². The van der Waals surface area contributed by atoms with Gasteiger partial charge in [-0.3, -0.25) is 9.78 Å². The molecule has 0 aliphatic rings. The number of hydrogen-bond acceptors (Lipinski definition) is 4. The Morgan fingerprint density at radius 2 is 2.00 bits per heavy atom. The van der Waals surface area contributed by atoms with Gasteiger partial charge in [0.05, 0.1) is 6.04 Å². The molecule has 0 radical (unpaired) electrons. The average molecular weight is 343 g/mol. The van der Waals surface area contributed by atoms with Crippen molar-refractivity contribution in [3.63, 3.8) is 0 Å². The molecule has 2 aromatic heterocycles. The van der Waals surface area contributed by atoms with Crippen molar-refractivity contribution in [1.29, 1.82) is 0 Å². The highest BCUT2D eigenvalue weighted by atomic mass is 19.4. The van der Waals surface area contributed by atoms with Gasteiger partial charge in [-0.25, -0.2) is 9.37 Å². The van der Waals surface area contributed by atoms with Gasteiger partial charge in [-0.2, -0.15) is 13.2 Å². The minimum absolute atomic E-state index is 0.286. The van der Waals surface area contributed by atoms with Crippen molar-refractivity contribution >= 4 is 5.91 Å². The van der Waals surface area contributed by atoms with Gasteiger partial charge in [0.15, 0.2) is 12.4 Å². The van der Waals surface area contributed by atoms with Gasteiger partial charge >= 0.3 is 6.18 Å². The summed E-state index contributed by atoms with van der Waals surface area (Å²) >= 11 is 0. The molecule has 9 heteroatoms. The van der Waals surface area contributed by atoms with E-state index < -0.39 is 36.4 Å². The smallest absolute Gasteiger partial charge is 0.422 e. The van der Waals surface area contributed by atoms with Crippen LogP contribution in [0.2, 0.25) is 0 Å². The monoisotopic (exact) mass is 343 g/mol. The molecular formula is C15H13F4N3O2. The fraction of sp³-hybridized carbons (Fsp3) is 0.267. The molecule has 1 unspecified atom stereocenters. The van der Waals surface area contributed by atoms with E-state index in [-0.39, 0.29) is 5.56 Å². The predicted octanol–water partition coefficient (Wildman–Crippen LogP) is 3.05. The highest BCUT2D eigenvalue weighted by molar-refractivity contribution is 5.94. The summed E-state index contributed by atoms with van der Waals surface area (Å²) in [7, 11) is 0. The molecule has 2 heterocycles. The molecule has 128 valence electrons. The molecule has 2 aromatic rings. The highest BCUT2D eigenvalue weighted by Gasteiger charge is 2.29. The first-order chi connectivity index (χ1) is 11.3. The Balaban J connectivity index is 2.04. The maximum atomic E-state index is 13.8. The van der Waals surface area contributed by atoms with Gasteiger partial charge in [0.2, 0.25) is 0 Å². The second kappa shape index (κ2) is 7.24. The van der Waals surface area contributed by atoms with Gasteiger partial charge < -0.3 is 10.1 Å². The molecule has 24 heavy (non-hydrogen) atoms. The van der Waals surface area contributed by atoms with E-state index in [1.807, 2.05) is 0 Å². The fourth-order valence-electron chi connectivity index (χ4n) is 1.80. The van der Waals surface area contributed by atoms with E-state index in [0.717, 1.165) is 12.3 Å². The van der Waals surface area contributed by atoms with Gasteiger partial charge in [0, 0.05) is 24.2 Å². The van der Waals surface area contributed by atoms with E-state index in [1.165, 1.54) is 24.5 Å². The molecule has 0 aromatic carbocycles. The number of nitrogens with zero attached hydrogens (tertiary/aromatic N) is 2. The van der Waals surface area contributed by atoms with Crippen molar-refractivity contribution in [1.82, 2.24) is 15.3 Å². The molecule has 0 fully saturated rings. The number of carbonyl (C=O) groups excluding carboxylic acids is 1. The van der Waals surface area contributed by atoms with Gasteiger partial charge in [-0.1, -0.05) is 0 Å². The number of pyridine rings is 2. The Bertz CT molecular complexity index is 708. The SMILES string of the molecule is CC(NC(=O)c1ccncc1)c1cnc(OCC(F)(F)F)c(F)c1. The Morgan fingerprint density at radius 3 is 2.58 bits per heavy atom. The van der Waals surface area contributed by atoms with Crippen molar-refractivity contribution in [3.8, 4) is 5.88 Å². The van der Waals surface area contributed by atoms with Crippen molar-refractivity contribution in [2.24, 2.45) is 0 Å². The minimum Gasteiger partial charge on any atom is -0.466 e. The molecule has 1 N–H and O–H groups in total. The molecule has 0 aliphatic heterocycles. The van der Waals surface area contributed by atoms with Crippen LogP contribution in [-0.4, -0.2) is 28.7 Å². The Morgan fingerprint density at radius 1 is 1.33 bits per heavy atom. The second-order valence-corrected chi connectivity index (χ2v) is 4.89. The molecule has 1 amide bonds. The Kier molecular flexibility index (Phi) is 5.32. The van der Waals surface area contributed by atoms with Gasteiger partial charge in [0.25, 0.3) is 11.8 Å². The van der Waals surface area contributed by atoms with Crippen molar-refractivity contribution < 1.29 is 27.1 Å². The summed E-state index contributed by atoms with van der Waals surface area (Å²) in [5.74, 6) is -2.19. The summed E-state index contributed by atoms with van der Waals surface area (Å²) in [6.45, 7) is -0.0453. The second-order valence-electron chi connectivity index (χ2n) is 4.89. The lowest BCUT2D eigenvalue weighted by molar-refractivity contribution is -0.154. The number of amides is 1. The number of nitrogens with one attached hydrogen (secondary N) is 1. The lowest BCUT2D eigenvalue weighted by Gasteiger charge is -2.15. The van der Waals surface area contributed by atoms with Gasteiger partial charge in [0.1, 0.15) is 0 Å². The van der Waals surface area contributed by atoms with Crippen LogP contribution in [0.1, 0.15) is 28.9 Å². The van der Waals surface area contributed by atoms with Gasteiger partial charge in [-0.05, 0) is 30.7 Å². The van der Waals surface area contributed by atoms with Crippen LogP contribution in [0.15, 0.2) is 36.8 Å². The quantitative estimate of drug-likeness (QED) is 0.848. The fourth-order valence-corrected chi connectivity index (χ4v) is 1.80. The first kappa shape index (κ1) is 17.6. The third-order valence-electron chi connectivity index (χ3n) is 2.99. The molecule has 0 saturated carbocycles. The normalized spacial score (nSPS) is 12.5. The number of hydrogen-bond donors (Lipinski definition) is 1. The Hall–Kier alpha value is -2.71. The minimum atomic E-state index is -4.58. The van der Waals surface area contributed by atoms with Gasteiger partial charge in [-0.15, -0.1) is 0 Å². The van der Waals surface area contributed by atoms with Crippen molar-refractivity contribution in [3.05, 3.63) is 53.7 Å². The lowest BCUT2D eigenvalue weighted by Crippen LogP contribution is -2.27. The van der Waals surface area contributed by atoms with Crippen LogP contribution in [0.3, 0.4) is 0 Å². The van der Waals surface area contributed by atoms with E-state index in [0.29, 0.717) is 5.56 Å². The number of rotatable bonds is 5. The first-order valence-electron chi connectivity index (χ1n) is 6.82. The third kappa shape index (κ3) is 4.90. The van der Waals surface area contributed by atoms with Crippen LogP contribution in [0.5, 0.6) is 5.88 Å². The summed E-state index contributed by atoms with van der Waals surface area (Å²) in [6, 6.07) is 3.38. The standard InChI is InChI=1S/C15H13F4N3O2/c1-9(22-13(23)10-2-4-20-5-3-10)11-6-12(16)14(21-7-11)24-8-15(17,18)19/h2-7,9H,8H2,1H3,(H,22,23). The zero-order valence-corrected chi connectivity index (χ0v) is 12.5. The molecule has 5 nitrogen and oxygen atoms in total. The van der Waals surface area contributed by atoms with Crippen LogP contribution in [0.25, 0.3) is 0 Å². The summed E-state index contributed by atoms with van der Waals surface area (Å²) in [4.78, 5) is 19.3. The maximum absolute atomic E-state index is 13.8. The zero-order chi connectivity index (χ0) is 17.7. The first-order valence-corrected chi connectivity index (χ1v) is 6.82. The summed E-state index contributed by atoms with van der Waals surface area (Å²) in [6.07, 6.45) is -0.536. The van der Waals surface area contributed by atoms with E-state index in [2.05, 4.69) is 20.0 Å². The molecule has 2 rings (SSSR count). The number of aromatic nitrogens is 2. The lowest BCUT2D eigenvalue weighted by atomic mass is 10.1. The highest BCUT2D eigenvalue weighted by Crippen LogP contribution is 2.22. The van der Waals surface area contributed by atoms with E-state index in [9.17, 15) is 22.4 Å². The van der Waals surface area contributed by atoms with Crippen molar-refractivity contribution in [2.75, 3.05) is 6.61 Å². The average Bonchev–Trinajstić information content (AvgIpc) is 2.53.